The molecule has 0 atom stereocenters. The zero-order valence-electron chi connectivity index (χ0n) is 9.42. The Bertz CT molecular complexity index is 397. The molecule has 0 aromatic heterocycles. The quantitative estimate of drug-likeness (QED) is 0.776. The van der Waals surface area contributed by atoms with Crippen LogP contribution in [-0.4, -0.2) is 18.9 Å². The highest BCUT2D eigenvalue weighted by molar-refractivity contribution is 5.98. The van der Waals surface area contributed by atoms with Crippen molar-refractivity contribution in [2.45, 2.75) is 19.8 Å². The molecule has 0 spiro atoms. The highest BCUT2D eigenvalue weighted by Crippen LogP contribution is 2.20. The Morgan fingerprint density at radius 1 is 1.38 bits per heavy atom. The second-order valence-corrected chi connectivity index (χ2v) is 4.37. The van der Waals surface area contributed by atoms with Gasteiger partial charge in [-0.25, -0.2) is 4.39 Å². The van der Waals surface area contributed by atoms with Gasteiger partial charge in [-0.1, -0.05) is 11.6 Å². The fourth-order valence-corrected chi connectivity index (χ4v) is 2.13. The molecule has 0 saturated carbocycles. The van der Waals surface area contributed by atoms with Crippen LogP contribution in [0.4, 0.5) is 4.39 Å². The Morgan fingerprint density at radius 3 is 2.75 bits per heavy atom. The molecule has 2 nitrogen and oxygen atoms in total. The lowest BCUT2D eigenvalue weighted by Crippen LogP contribution is -2.32. The third-order valence-electron chi connectivity index (χ3n) is 3.10. The maximum atomic E-state index is 13.5. The minimum Gasteiger partial charge on any atom is -0.317 e. The second-order valence-electron chi connectivity index (χ2n) is 4.37. The van der Waals surface area contributed by atoms with Gasteiger partial charge in [-0.15, -0.1) is 0 Å². The molecule has 1 fully saturated rings. The van der Waals surface area contributed by atoms with Gasteiger partial charge in [0.25, 0.3) is 0 Å². The molecular weight excluding hydrogens is 205 g/mol. The highest BCUT2D eigenvalue weighted by atomic mass is 19.1. The summed E-state index contributed by atoms with van der Waals surface area (Å²) in [6, 6.07) is 4.72. The van der Waals surface area contributed by atoms with Crippen molar-refractivity contribution in [1.82, 2.24) is 5.32 Å². The first-order valence-corrected chi connectivity index (χ1v) is 5.69. The van der Waals surface area contributed by atoms with Crippen LogP contribution in [0.1, 0.15) is 28.8 Å². The molecule has 1 saturated heterocycles. The zero-order chi connectivity index (χ0) is 11.5. The molecule has 0 bridgehead atoms. The Balaban J connectivity index is 2.22. The van der Waals surface area contributed by atoms with Gasteiger partial charge in [-0.3, -0.25) is 4.79 Å². The van der Waals surface area contributed by atoms with E-state index in [1.54, 1.807) is 12.1 Å². The molecule has 3 heteroatoms. The second kappa shape index (κ2) is 4.74. The molecule has 0 amide bonds. The topological polar surface area (TPSA) is 29.1 Å². The van der Waals surface area contributed by atoms with Crippen LogP contribution in [0.25, 0.3) is 0 Å². The van der Waals surface area contributed by atoms with Crippen LogP contribution >= 0.6 is 0 Å². The number of aryl methyl sites for hydroxylation is 1. The van der Waals surface area contributed by atoms with E-state index in [2.05, 4.69) is 5.32 Å². The maximum absolute atomic E-state index is 13.5. The van der Waals surface area contributed by atoms with Gasteiger partial charge in [0.15, 0.2) is 5.78 Å². The summed E-state index contributed by atoms with van der Waals surface area (Å²) in [6.45, 7) is 3.58. The minimum absolute atomic E-state index is 0.0162. The molecule has 86 valence electrons. The van der Waals surface area contributed by atoms with Gasteiger partial charge in [0.1, 0.15) is 5.82 Å². The largest absolute Gasteiger partial charge is 0.317 e. The van der Waals surface area contributed by atoms with E-state index < -0.39 is 5.82 Å². The molecule has 1 aromatic carbocycles. The number of hydrogen-bond acceptors (Lipinski definition) is 2. The molecule has 2 rings (SSSR count). The summed E-state index contributed by atoms with van der Waals surface area (Å²) in [7, 11) is 0. The van der Waals surface area contributed by atoms with Gasteiger partial charge in [-0.2, -0.15) is 0 Å². The van der Waals surface area contributed by atoms with Gasteiger partial charge in [0.05, 0.1) is 5.56 Å². The van der Waals surface area contributed by atoms with E-state index in [0.29, 0.717) is 0 Å². The minimum atomic E-state index is -0.394. The summed E-state index contributed by atoms with van der Waals surface area (Å²) in [5, 5.41) is 3.20. The lowest BCUT2D eigenvalue weighted by molar-refractivity contribution is 0.0891. The van der Waals surface area contributed by atoms with E-state index >= 15 is 0 Å². The lowest BCUT2D eigenvalue weighted by atomic mass is 9.89. The highest BCUT2D eigenvalue weighted by Gasteiger charge is 2.24. The van der Waals surface area contributed by atoms with Crippen molar-refractivity contribution >= 4 is 5.78 Å². The summed E-state index contributed by atoms with van der Waals surface area (Å²) < 4.78 is 13.5. The van der Waals surface area contributed by atoms with Crippen molar-refractivity contribution < 1.29 is 9.18 Å². The third-order valence-corrected chi connectivity index (χ3v) is 3.10. The van der Waals surface area contributed by atoms with Gasteiger partial charge in [-0.05, 0) is 45.0 Å². The van der Waals surface area contributed by atoms with Crippen LogP contribution in [0, 0.1) is 18.7 Å². The summed E-state index contributed by atoms with van der Waals surface area (Å²) >= 11 is 0. The van der Waals surface area contributed by atoms with Crippen LogP contribution in [-0.2, 0) is 0 Å². The molecule has 1 heterocycles. The molecule has 0 radical (unpaired) electrons. The fraction of sp³-hybridized carbons (Fsp3) is 0.462. The third kappa shape index (κ3) is 2.30. The van der Waals surface area contributed by atoms with Crippen LogP contribution in [0.3, 0.4) is 0 Å². The van der Waals surface area contributed by atoms with Crippen molar-refractivity contribution in [3.8, 4) is 0 Å². The number of hydrogen-bond donors (Lipinski definition) is 1. The number of benzene rings is 1. The molecule has 0 aliphatic carbocycles. The standard InChI is InChI=1S/C13H16FNO/c1-9-2-3-12(14)11(8-9)13(16)10-4-6-15-7-5-10/h2-3,8,10,15H,4-7H2,1H3. The molecule has 1 N–H and O–H groups in total. The van der Waals surface area contributed by atoms with Gasteiger partial charge < -0.3 is 5.32 Å². The first-order valence-electron chi connectivity index (χ1n) is 5.69. The van der Waals surface area contributed by atoms with Crippen molar-refractivity contribution in [2.24, 2.45) is 5.92 Å². The number of halogens is 1. The van der Waals surface area contributed by atoms with Crippen molar-refractivity contribution in [3.63, 3.8) is 0 Å². The lowest BCUT2D eigenvalue weighted by Gasteiger charge is -2.21. The van der Waals surface area contributed by atoms with Crippen LogP contribution < -0.4 is 5.32 Å². The van der Waals surface area contributed by atoms with Crippen molar-refractivity contribution in [3.05, 3.63) is 35.1 Å². The first kappa shape index (κ1) is 11.3. The maximum Gasteiger partial charge on any atom is 0.168 e. The van der Waals surface area contributed by atoms with E-state index in [4.69, 9.17) is 0 Å². The smallest absolute Gasteiger partial charge is 0.168 e. The van der Waals surface area contributed by atoms with E-state index in [9.17, 15) is 9.18 Å². The summed E-state index contributed by atoms with van der Waals surface area (Å²) in [6.07, 6.45) is 1.62. The Morgan fingerprint density at radius 2 is 2.06 bits per heavy atom. The SMILES string of the molecule is Cc1ccc(F)c(C(=O)C2CCNCC2)c1. The number of Topliss-reactive ketones (excluding diaryl/α,β-unsaturated/α-hetero) is 1. The van der Waals surface area contributed by atoms with Crippen molar-refractivity contribution in [2.75, 3.05) is 13.1 Å². The van der Waals surface area contributed by atoms with Gasteiger partial charge >= 0.3 is 0 Å². The number of rotatable bonds is 2. The van der Waals surface area contributed by atoms with E-state index in [0.717, 1.165) is 31.5 Å². The molecule has 16 heavy (non-hydrogen) atoms. The summed E-state index contributed by atoms with van der Waals surface area (Å²) in [5.74, 6) is -0.450. The summed E-state index contributed by atoms with van der Waals surface area (Å²) in [4.78, 5) is 12.1. The average Bonchev–Trinajstić information content (AvgIpc) is 2.32. The normalized spacial score (nSPS) is 17.4. The Labute approximate surface area is 94.9 Å². The predicted molar refractivity (Wildman–Crippen MR) is 61.1 cm³/mol. The summed E-state index contributed by atoms with van der Waals surface area (Å²) in [5.41, 5.74) is 1.19. The average molecular weight is 221 g/mol. The van der Waals surface area contributed by atoms with Gasteiger partial charge in [0, 0.05) is 5.92 Å². The van der Waals surface area contributed by atoms with Crippen molar-refractivity contribution in [1.29, 1.82) is 0 Å². The molecule has 1 aromatic rings. The van der Waals surface area contributed by atoms with E-state index in [1.165, 1.54) is 6.07 Å². The number of carbonyl (C=O) groups is 1. The molecule has 1 aliphatic heterocycles. The number of ketones is 1. The van der Waals surface area contributed by atoms with Crippen LogP contribution in [0.2, 0.25) is 0 Å². The van der Waals surface area contributed by atoms with E-state index in [-0.39, 0.29) is 17.3 Å². The Hall–Kier alpha value is -1.22. The number of piperidine rings is 1. The Kier molecular flexibility index (Phi) is 3.34. The predicted octanol–water partition coefficient (Wildman–Crippen LogP) is 2.32. The first-order chi connectivity index (χ1) is 7.68. The molecule has 0 unspecified atom stereocenters. The monoisotopic (exact) mass is 221 g/mol. The molecule has 1 aliphatic rings. The van der Waals surface area contributed by atoms with Crippen LogP contribution in [0.5, 0.6) is 0 Å². The number of carbonyl (C=O) groups excluding carboxylic acids is 1. The van der Waals surface area contributed by atoms with Gasteiger partial charge in [0.2, 0.25) is 0 Å². The fourth-order valence-electron chi connectivity index (χ4n) is 2.13. The number of nitrogens with one attached hydrogen (secondary N) is 1. The molecular formula is C13H16FNO. The van der Waals surface area contributed by atoms with E-state index in [1.807, 2.05) is 6.92 Å². The van der Waals surface area contributed by atoms with Crippen LogP contribution in [0.15, 0.2) is 18.2 Å². The zero-order valence-corrected chi connectivity index (χ0v) is 9.42.